The number of hydrogen-bond acceptors (Lipinski definition) is 5. The summed E-state index contributed by atoms with van der Waals surface area (Å²) in [6.45, 7) is 5.92. The fourth-order valence-corrected chi connectivity index (χ4v) is 4.00. The molecule has 2 amide bonds. The van der Waals surface area contributed by atoms with Gasteiger partial charge in [-0.3, -0.25) is 19.3 Å². The highest BCUT2D eigenvalue weighted by molar-refractivity contribution is 5.99. The van der Waals surface area contributed by atoms with Crippen molar-refractivity contribution in [1.82, 2.24) is 5.32 Å². The van der Waals surface area contributed by atoms with Crippen molar-refractivity contribution in [3.8, 4) is 5.75 Å². The van der Waals surface area contributed by atoms with Crippen molar-refractivity contribution in [2.24, 2.45) is 11.8 Å². The number of ether oxygens (including phenoxy) is 2. The predicted octanol–water partition coefficient (Wildman–Crippen LogP) is 2.67. The lowest BCUT2D eigenvalue weighted by Crippen LogP contribution is -2.48. The maximum atomic E-state index is 12.5. The van der Waals surface area contributed by atoms with Crippen molar-refractivity contribution >= 4 is 23.5 Å². The molecule has 7 nitrogen and oxygen atoms in total. The third-order valence-corrected chi connectivity index (χ3v) is 6.03. The number of esters is 1. The Morgan fingerprint density at radius 2 is 2.03 bits per heavy atom. The summed E-state index contributed by atoms with van der Waals surface area (Å²) < 4.78 is 10.9. The smallest absolute Gasteiger partial charge is 0.326 e. The van der Waals surface area contributed by atoms with Gasteiger partial charge in [-0.05, 0) is 37.3 Å². The largest absolute Gasteiger partial charge is 0.491 e. The van der Waals surface area contributed by atoms with Gasteiger partial charge in [-0.2, -0.15) is 0 Å². The molecular weight excluding hydrogens is 372 g/mol. The Labute approximate surface area is 171 Å². The van der Waals surface area contributed by atoms with Gasteiger partial charge in [-0.25, -0.2) is 0 Å². The summed E-state index contributed by atoms with van der Waals surface area (Å²) in [5, 5.41) is 3.03. The van der Waals surface area contributed by atoms with Crippen LogP contribution in [-0.2, 0) is 19.1 Å². The molecule has 0 unspecified atom stereocenters. The van der Waals surface area contributed by atoms with Gasteiger partial charge < -0.3 is 14.8 Å². The Bertz CT molecular complexity index is 765. The number of fused-ring (bicyclic) bond motifs is 1. The summed E-state index contributed by atoms with van der Waals surface area (Å²) in [5.74, 6) is 0.370. The molecule has 1 N–H and O–H groups in total. The van der Waals surface area contributed by atoms with E-state index in [1.807, 2.05) is 6.07 Å². The fourth-order valence-electron chi connectivity index (χ4n) is 4.00. The van der Waals surface area contributed by atoms with Gasteiger partial charge in [0, 0.05) is 6.04 Å². The molecule has 0 bridgehead atoms. The second-order valence-corrected chi connectivity index (χ2v) is 8.06. The van der Waals surface area contributed by atoms with E-state index in [0.717, 1.165) is 12.8 Å². The minimum absolute atomic E-state index is 0.101. The minimum Gasteiger partial charge on any atom is -0.491 e. The zero-order valence-corrected chi connectivity index (χ0v) is 17.3. The van der Waals surface area contributed by atoms with Crippen molar-refractivity contribution in [2.45, 2.75) is 58.6 Å². The number of para-hydroxylation sites is 2. The second kappa shape index (κ2) is 9.29. The van der Waals surface area contributed by atoms with Gasteiger partial charge in [-0.1, -0.05) is 38.8 Å². The predicted molar refractivity (Wildman–Crippen MR) is 109 cm³/mol. The van der Waals surface area contributed by atoms with Crippen LogP contribution in [0.5, 0.6) is 5.75 Å². The molecule has 1 aliphatic heterocycles. The Kier molecular flexibility index (Phi) is 6.77. The molecule has 0 spiro atoms. The summed E-state index contributed by atoms with van der Waals surface area (Å²) in [4.78, 5) is 38.8. The molecule has 1 aromatic rings. The molecule has 1 aromatic carbocycles. The number of anilines is 1. The van der Waals surface area contributed by atoms with Gasteiger partial charge in [0.25, 0.3) is 5.91 Å². The Morgan fingerprint density at radius 3 is 2.83 bits per heavy atom. The molecule has 3 rings (SSSR count). The first-order valence-corrected chi connectivity index (χ1v) is 10.4. The van der Waals surface area contributed by atoms with E-state index in [4.69, 9.17) is 9.47 Å². The molecule has 4 atom stereocenters. The number of nitrogens with zero attached hydrogens (tertiary/aromatic N) is 1. The highest BCUT2D eigenvalue weighted by Gasteiger charge is 2.31. The molecule has 1 aliphatic carbocycles. The van der Waals surface area contributed by atoms with Crippen molar-refractivity contribution < 1.29 is 23.9 Å². The Balaban J connectivity index is 1.58. The number of nitrogens with one attached hydrogen (secondary N) is 1. The number of hydrogen-bond donors (Lipinski definition) is 1. The maximum absolute atomic E-state index is 12.5. The van der Waals surface area contributed by atoms with E-state index < -0.39 is 12.1 Å². The van der Waals surface area contributed by atoms with E-state index in [-0.39, 0.29) is 37.4 Å². The van der Waals surface area contributed by atoms with Crippen LogP contribution in [0.2, 0.25) is 0 Å². The topological polar surface area (TPSA) is 84.9 Å². The van der Waals surface area contributed by atoms with Crippen molar-refractivity contribution in [3.05, 3.63) is 24.3 Å². The van der Waals surface area contributed by atoms with Crippen LogP contribution in [0.15, 0.2) is 24.3 Å². The van der Waals surface area contributed by atoms with Gasteiger partial charge >= 0.3 is 5.97 Å². The molecule has 1 fully saturated rings. The first-order chi connectivity index (χ1) is 13.9. The van der Waals surface area contributed by atoms with E-state index in [1.54, 1.807) is 25.1 Å². The van der Waals surface area contributed by atoms with Crippen LogP contribution in [0.25, 0.3) is 0 Å². The monoisotopic (exact) mass is 402 g/mol. The minimum atomic E-state index is -0.916. The quantitative estimate of drug-likeness (QED) is 0.766. The number of benzene rings is 1. The Morgan fingerprint density at radius 1 is 1.28 bits per heavy atom. The van der Waals surface area contributed by atoms with Crippen LogP contribution in [0.3, 0.4) is 0 Å². The van der Waals surface area contributed by atoms with Gasteiger partial charge in [0.2, 0.25) is 5.91 Å². The molecule has 0 saturated heterocycles. The van der Waals surface area contributed by atoms with Crippen LogP contribution in [0.1, 0.15) is 46.5 Å². The highest BCUT2D eigenvalue weighted by Crippen LogP contribution is 2.31. The molecule has 0 aromatic heterocycles. The summed E-state index contributed by atoms with van der Waals surface area (Å²) in [7, 11) is 0. The molecule has 1 heterocycles. The molecular formula is C22H30N2O5. The number of rotatable bonds is 5. The highest BCUT2D eigenvalue weighted by atomic mass is 16.5. The van der Waals surface area contributed by atoms with Gasteiger partial charge in [0.05, 0.1) is 18.7 Å². The van der Waals surface area contributed by atoms with E-state index in [2.05, 4.69) is 19.2 Å². The third kappa shape index (κ3) is 5.08. The molecule has 0 radical (unpaired) electrons. The second-order valence-electron chi connectivity index (χ2n) is 8.06. The van der Waals surface area contributed by atoms with E-state index >= 15 is 0 Å². The van der Waals surface area contributed by atoms with Crippen LogP contribution < -0.4 is 15.0 Å². The van der Waals surface area contributed by atoms with Crippen LogP contribution in [0, 0.1) is 11.8 Å². The maximum Gasteiger partial charge on any atom is 0.326 e. The molecule has 158 valence electrons. The lowest BCUT2D eigenvalue weighted by molar-refractivity contribution is -0.154. The van der Waals surface area contributed by atoms with E-state index in [9.17, 15) is 14.4 Å². The van der Waals surface area contributed by atoms with Crippen molar-refractivity contribution in [1.29, 1.82) is 0 Å². The van der Waals surface area contributed by atoms with E-state index in [1.165, 1.54) is 11.3 Å². The fraction of sp³-hybridized carbons (Fsp3) is 0.591. The first kappa shape index (κ1) is 21.1. The average molecular weight is 402 g/mol. The molecule has 1 saturated carbocycles. The number of carbonyl (C=O) groups excluding carboxylic acids is 3. The zero-order chi connectivity index (χ0) is 21.0. The zero-order valence-electron chi connectivity index (χ0n) is 17.3. The Hall–Kier alpha value is -2.57. The van der Waals surface area contributed by atoms with Gasteiger partial charge in [0.15, 0.2) is 6.10 Å². The molecule has 2 aliphatic rings. The normalized spacial score (nSPS) is 25.3. The van der Waals surface area contributed by atoms with Gasteiger partial charge in [0.1, 0.15) is 12.3 Å². The van der Waals surface area contributed by atoms with Gasteiger partial charge in [-0.15, -0.1) is 0 Å². The van der Waals surface area contributed by atoms with Crippen LogP contribution >= 0.6 is 0 Å². The molecule has 29 heavy (non-hydrogen) atoms. The lowest BCUT2D eigenvalue weighted by Gasteiger charge is -2.35. The van der Waals surface area contributed by atoms with Crippen molar-refractivity contribution in [3.63, 3.8) is 0 Å². The summed E-state index contributed by atoms with van der Waals surface area (Å²) in [5.41, 5.74) is 0.536. The number of amides is 2. The number of carbonyl (C=O) groups is 3. The summed E-state index contributed by atoms with van der Waals surface area (Å²) in [6.07, 6.45) is 2.46. The standard InChI is InChI=1S/C22H30N2O5/c1-14-7-6-8-17(15(14)2)23-22(27)16(3)29-21(26)13-24-18-9-4-5-10-19(18)28-12-11-20(24)25/h4-5,9-10,14-17H,6-8,11-13H2,1-3H3,(H,23,27)/t14-,15-,16-,17-/m1/s1. The average Bonchev–Trinajstić information content (AvgIpc) is 2.84. The summed E-state index contributed by atoms with van der Waals surface area (Å²) in [6, 6.07) is 7.18. The SMILES string of the molecule is C[C@@H]1[C@H](C)CCC[C@H]1NC(=O)[C@@H](C)OC(=O)CN1C(=O)CCOc2ccccc21. The van der Waals surface area contributed by atoms with Crippen molar-refractivity contribution in [2.75, 3.05) is 18.1 Å². The molecule has 7 heteroatoms. The summed E-state index contributed by atoms with van der Waals surface area (Å²) >= 11 is 0. The lowest BCUT2D eigenvalue weighted by atomic mass is 9.78. The van der Waals surface area contributed by atoms with E-state index in [0.29, 0.717) is 23.3 Å². The van der Waals surface area contributed by atoms with Crippen LogP contribution in [0.4, 0.5) is 5.69 Å². The van der Waals surface area contributed by atoms with Crippen LogP contribution in [-0.4, -0.2) is 43.1 Å². The first-order valence-electron chi connectivity index (χ1n) is 10.4. The third-order valence-electron chi connectivity index (χ3n) is 6.03.